The number of nitrogens with two attached hydrogens (primary N) is 2. The molecule has 2 rings (SSSR count). The molecule has 0 radical (unpaired) electrons. The number of hydrogen-bond acceptors (Lipinski definition) is 4. The molecule has 5 nitrogen and oxygen atoms in total. The van der Waals surface area contributed by atoms with E-state index in [1.165, 1.54) is 30.5 Å². The van der Waals surface area contributed by atoms with Crippen molar-refractivity contribution in [2.24, 2.45) is 11.5 Å². The van der Waals surface area contributed by atoms with Crippen molar-refractivity contribution in [2.75, 3.05) is 11.9 Å². The van der Waals surface area contributed by atoms with Crippen LogP contribution in [0.4, 0.5) is 5.82 Å². The van der Waals surface area contributed by atoms with Crippen molar-refractivity contribution in [3.63, 3.8) is 0 Å². The number of aryl methyl sites for hydroxylation is 2. The van der Waals surface area contributed by atoms with Crippen molar-refractivity contribution in [3.05, 3.63) is 23.4 Å². The molecule has 0 spiro atoms. The zero-order chi connectivity index (χ0) is 15.8. The molecule has 22 heavy (non-hydrogen) atoms. The van der Waals surface area contributed by atoms with Gasteiger partial charge in [0, 0.05) is 12.2 Å². The van der Waals surface area contributed by atoms with Gasteiger partial charge in [-0.05, 0) is 43.7 Å². The Bertz CT molecular complexity index is 490. The summed E-state index contributed by atoms with van der Waals surface area (Å²) in [7, 11) is 0. The predicted molar refractivity (Wildman–Crippen MR) is 89.6 cm³/mol. The summed E-state index contributed by atoms with van der Waals surface area (Å²) in [6.45, 7) is 1.04. The van der Waals surface area contributed by atoms with Crippen LogP contribution in [-0.2, 0) is 17.6 Å². The van der Waals surface area contributed by atoms with Gasteiger partial charge in [-0.2, -0.15) is 0 Å². The van der Waals surface area contributed by atoms with E-state index in [1.54, 1.807) is 0 Å². The summed E-state index contributed by atoms with van der Waals surface area (Å²) in [5.74, 6) is 0.691. The first-order valence-electron chi connectivity index (χ1n) is 8.44. The first kappa shape index (κ1) is 16.7. The lowest BCUT2D eigenvalue weighted by Gasteiger charge is -2.17. The highest BCUT2D eigenvalue weighted by atomic mass is 16.1. The second kappa shape index (κ2) is 8.73. The van der Waals surface area contributed by atoms with Crippen LogP contribution in [0.1, 0.15) is 56.2 Å². The maximum Gasteiger partial charge on any atom is 0.234 e. The lowest BCUT2D eigenvalue weighted by Crippen LogP contribution is -2.36. The second-order valence-corrected chi connectivity index (χ2v) is 6.16. The second-order valence-electron chi connectivity index (χ2n) is 6.16. The van der Waals surface area contributed by atoms with Gasteiger partial charge in [-0.15, -0.1) is 0 Å². The summed E-state index contributed by atoms with van der Waals surface area (Å²) < 4.78 is 0. The van der Waals surface area contributed by atoms with E-state index in [0.717, 1.165) is 44.5 Å². The van der Waals surface area contributed by atoms with E-state index < -0.39 is 11.9 Å². The first-order chi connectivity index (χ1) is 10.7. The number of aromatic nitrogens is 1. The normalized spacial score (nSPS) is 15.0. The van der Waals surface area contributed by atoms with Gasteiger partial charge in [0.25, 0.3) is 0 Å². The third-order valence-corrected chi connectivity index (χ3v) is 4.27. The number of unbranched alkanes of at least 4 members (excludes halogenated alkanes) is 4. The Kier molecular flexibility index (Phi) is 6.65. The smallest absolute Gasteiger partial charge is 0.234 e. The van der Waals surface area contributed by atoms with E-state index in [4.69, 9.17) is 16.5 Å². The van der Waals surface area contributed by atoms with E-state index >= 15 is 0 Å². The van der Waals surface area contributed by atoms with Crippen molar-refractivity contribution in [2.45, 2.75) is 63.8 Å². The largest absolute Gasteiger partial charge is 0.370 e. The first-order valence-corrected chi connectivity index (χ1v) is 8.44. The summed E-state index contributed by atoms with van der Waals surface area (Å²) >= 11 is 0. The molecular formula is C17H28N4O. The van der Waals surface area contributed by atoms with Gasteiger partial charge in [0.2, 0.25) is 5.91 Å². The van der Waals surface area contributed by atoms with Crippen molar-refractivity contribution in [1.82, 2.24) is 4.98 Å². The average Bonchev–Trinajstić information content (AvgIpc) is 2.53. The Morgan fingerprint density at radius 1 is 1.23 bits per heavy atom. The molecule has 1 aromatic heterocycles. The molecule has 5 heteroatoms. The number of hydrogen-bond donors (Lipinski definition) is 3. The standard InChI is InChI=1S/C17H28N4O/c18-15(16(19)22)9-5-3-1-2-4-8-14-11-10-13-7-6-12-20-17(13)21-14/h10-11,15H,1-9,12,18H2,(H2,19,22)(H,20,21)/t15-/m0/s1. The summed E-state index contributed by atoms with van der Waals surface area (Å²) in [6.07, 6.45) is 9.70. The van der Waals surface area contributed by atoms with Crippen LogP contribution in [0.2, 0.25) is 0 Å². The topological polar surface area (TPSA) is 94.0 Å². The van der Waals surface area contributed by atoms with E-state index in [2.05, 4.69) is 17.4 Å². The zero-order valence-electron chi connectivity index (χ0n) is 13.3. The molecule has 122 valence electrons. The van der Waals surface area contributed by atoms with Gasteiger partial charge in [0.05, 0.1) is 6.04 Å². The van der Waals surface area contributed by atoms with Crippen LogP contribution in [0.5, 0.6) is 0 Å². The van der Waals surface area contributed by atoms with E-state index in [1.807, 2.05) is 0 Å². The van der Waals surface area contributed by atoms with Gasteiger partial charge in [-0.25, -0.2) is 4.98 Å². The highest BCUT2D eigenvalue weighted by Gasteiger charge is 2.10. The summed E-state index contributed by atoms with van der Waals surface area (Å²) in [4.78, 5) is 15.5. The summed E-state index contributed by atoms with van der Waals surface area (Å²) in [5, 5.41) is 3.38. The van der Waals surface area contributed by atoms with E-state index in [9.17, 15) is 4.79 Å². The molecule has 0 aromatic carbocycles. The minimum atomic E-state index is -0.479. The average molecular weight is 304 g/mol. The zero-order valence-corrected chi connectivity index (χ0v) is 13.3. The molecular weight excluding hydrogens is 276 g/mol. The molecule has 5 N–H and O–H groups in total. The summed E-state index contributed by atoms with van der Waals surface area (Å²) in [6, 6.07) is 3.90. The molecule has 0 saturated heterocycles. The molecule has 1 aliphatic rings. The molecule has 1 aliphatic heterocycles. The number of carbonyl (C=O) groups is 1. The van der Waals surface area contributed by atoms with Crippen LogP contribution in [0.15, 0.2) is 12.1 Å². The van der Waals surface area contributed by atoms with Gasteiger partial charge < -0.3 is 16.8 Å². The minimum Gasteiger partial charge on any atom is -0.370 e. The molecule has 0 bridgehead atoms. The Labute approximate surface area is 132 Å². The quantitative estimate of drug-likeness (QED) is 0.609. The Hall–Kier alpha value is -1.62. The lowest BCUT2D eigenvalue weighted by molar-refractivity contribution is -0.119. The molecule has 0 saturated carbocycles. The van der Waals surface area contributed by atoms with Gasteiger partial charge in [-0.3, -0.25) is 4.79 Å². The maximum absolute atomic E-state index is 10.8. The Morgan fingerprint density at radius 2 is 2.00 bits per heavy atom. The van der Waals surface area contributed by atoms with Gasteiger partial charge >= 0.3 is 0 Å². The number of pyridine rings is 1. The highest BCUT2D eigenvalue weighted by Crippen LogP contribution is 2.20. The van der Waals surface area contributed by atoms with Crippen LogP contribution < -0.4 is 16.8 Å². The lowest BCUT2D eigenvalue weighted by atomic mass is 10.0. The van der Waals surface area contributed by atoms with Crippen LogP contribution in [0.25, 0.3) is 0 Å². The minimum absolute atomic E-state index is 0.396. The molecule has 0 aliphatic carbocycles. The molecule has 1 amide bonds. The number of nitrogens with zero attached hydrogens (tertiary/aromatic N) is 1. The third-order valence-electron chi connectivity index (χ3n) is 4.27. The van der Waals surface area contributed by atoms with Gasteiger partial charge in [0.1, 0.15) is 5.82 Å². The van der Waals surface area contributed by atoms with Crippen LogP contribution in [-0.4, -0.2) is 23.5 Å². The third kappa shape index (κ3) is 5.30. The molecule has 1 atom stereocenters. The van der Waals surface area contributed by atoms with Crippen molar-refractivity contribution >= 4 is 11.7 Å². The van der Waals surface area contributed by atoms with Crippen LogP contribution in [0.3, 0.4) is 0 Å². The molecule has 2 heterocycles. The fourth-order valence-corrected chi connectivity index (χ4v) is 2.85. The summed E-state index contributed by atoms with van der Waals surface area (Å²) in [5.41, 5.74) is 13.3. The van der Waals surface area contributed by atoms with Crippen molar-refractivity contribution in [1.29, 1.82) is 0 Å². The number of amides is 1. The highest BCUT2D eigenvalue weighted by molar-refractivity contribution is 5.79. The van der Waals surface area contributed by atoms with Crippen LogP contribution in [0, 0.1) is 0 Å². The number of fused-ring (bicyclic) bond motifs is 1. The number of rotatable bonds is 9. The molecule has 0 unspecified atom stereocenters. The van der Waals surface area contributed by atoms with Crippen molar-refractivity contribution < 1.29 is 4.79 Å². The van der Waals surface area contributed by atoms with Gasteiger partial charge in [-0.1, -0.05) is 31.7 Å². The van der Waals surface area contributed by atoms with Gasteiger partial charge in [0.15, 0.2) is 0 Å². The number of anilines is 1. The maximum atomic E-state index is 10.8. The van der Waals surface area contributed by atoms with Crippen molar-refractivity contribution in [3.8, 4) is 0 Å². The molecule has 0 fully saturated rings. The Balaban J connectivity index is 1.58. The number of carbonyl (C=O) groups excluding carboxylic acids is 1. The predicted octanol–water partition coefficient (Wildman–Crippen LogP) is 2.14. The van der Waals surface area contributed by atoms with E-state index in [-0.39, 0.29) is 0 Å². The monoisotopic (exact) mass is 304 g/mol. The fraction of sp³-hybridized carbons (Fsp3) is 0.647. The van der Waals surface area contributed by atoms with Crippen LogP contribution >= 0.6 is 0 Å². The Morgan fingerprint density at radius 3 is 2.82 bits per heavy atom. The number of primary amides is 1. The molecule has 1 aromatic rings. The number of nitrogens with one attached hydrogen (secondary N) is 1. The SMILES string of the molecule is NC(=O)[C@@H](N)CCCCCCCc1ccc2c(n1)NCCC2. The van der Waals surface area contributed by atoms with E-state index in [0.29, 0.717) is 6.42 Å². The fourth-order valence-electron chi connectivity index (χ4n) is 2.85.